The number of fused-ring (bicyclic) bond motifs is 3. The maximum absolute atomic E-state index is 17.2. The van der Waals surface area contributed by atoms with E-state index < -0.39 is 31.4 Å². The number of alkyl halides is 1. The molecule has 0 spiro atoms. The molecule has 7 rings (SSSR count). The molecule has 0 amide bonds. The molecule has 4 heterocycles. The molecule has 1 saturated carbocycles. The third-order valence-electron chi connectivity index (χ3n) is 11.7. The van der Waals surface area contributed by atoms with Crippen LogP contribution in [0, 0.1) is 23.1 Å². The fourth-order valence-corrected chi connectivity index (χ4v) is 14.2. The highest BCUT2D eigenvalue weighted by Gasteiger charge is 2.49. The van der Waals surface area contributed by atoms with Gasteiger partial charge in [0.25, 0.3) is 0 Å². The minimum atomic E-state index is -2.26. The van der Waals surface area contributed by atoms with Crippen molar-refractivity contribution in [2.75, 3.05) is 38.9 Å². The lowest BCUT2D eigenvalue weighted by Gasteiger charge is -2.38. The second-order valence-corrected chi connectivity index (χ2v) is 21.6. The van der Waals surface area contributed by atoms with E-state index in [0.717, 1.165) is 32.2 Å². The van der Waals surface area contributed by atoms with Gasteiger partial charge in [-0.1, -0.05) is 53.5 Å². The standard InChI is InChI=1S/C41H50F3N5O3Si/c1-24(2)53(25(3)4,26(5)6)16-13-31-34(43)12-9-27-17-30(52-23-50-7)18-32(35(27)31)37-36(44)38-33(20-45-37)39(46-29-10-11-29)48-40(47-38)51-22-41-14-8-15-49(41)21-28(42)19-41/h9,12,17-18,20,24-26,28-29H,8,10-11,14-15,19,21-23H2,1-7H3,(H,46,47,48)/t28-,41+/m1/s1. The van der Waals surface area contributed by atoms with E-state index >= 15 is 8.78 Å². The SMILES string of the molecule is COCOc1cc(-c2ncc3c(NC4CC4)nc(OC[C@@]45CCCN4C[C@H](F)C5)nc3c2F)c2c(C#C[Si](C(C)C)(C(C)C)C(C)C)c(F)ccc2c1. The number of benzene rings is 2. The largest absolute Gasteiger partial charge is 0.468 e. The lowest BCUT2D eigenvalue weighted by Crippen LogP contribution is -2.43. The van der Waals surface area contributed by atoms with Gasteiger partial charge in [-0.15, -0.1) is 5.54 Å². The Kier molecular flexibility index (Phi) is 10.4. The summed E-state index contributed by atoms with van der Waals surface area (Å²) in [4.78, 5) is 16.1. The van der Waals surface area contributed by atoms with Gasteiger partial charge in [0.1, 0.15) is 49.4 Å². The summed E-state index contributed by atoms with van der Waals surface area (Å²) in [6.45, 7) is 14.6. The number of ether oxygens (including phenoxy) is 3. The molecule has 0 bridgehead atoms. The molecule has 1 N–H and O–H groups in total. The van der Waals surface area contributed by atoms with E-state index in [9.17, 15) is 4.39 Å². The summed E-state index contributed by atoms with van der Waals surface area (Å²) < 4.78 is 65.1. The Labute approximate surface area is 311 Å². The zero-order valence-corrected chi connectivity index (χ0v) is 32.8. The Morgan fingerprint density at radius 3 is 2.49 bits per heavy atom. The molecule has 282 valence electrons. The van der Waals surface area contributed by atoms with E-state index in [2.05, 4.69) is 78.2 Å². The van der Waals surface area contributed by atoms with Crippen LogP contribution in [0.1, 0.15) is 79.2 Å². The maximum atomic E-state index is 17.2. The molecule has 53 heavy (non-hydrogen) atoms. The molecule has 4 aromatic rings. The van der Waals surface area contributed by atoms with Crippen LogP contribution in [-0.4, -0.2) is 79.3 Å². The fourth-order valence-electron chi connectivity index (χ4n) is 9.00. The monoisotopic (exact) mass is 745 g/mol. The van der Waals surface area contributed by atoms with Crippen LogP contribution in [0.5, 0.6) is 11.8 Å². The van der Waals surface area contributed by atoms with Crippen molar-refractivity contribution in [3.63, 3.8) is 0 Å². The van der Waals surface area contributed by atoms with Crippen molar-refractivity contribution >= 4 is 35.6 Å². The normalized spacial score (nSPS) is 20.4. The average molecular weight is 746 g/mol. The predicted octanol–water partition coefficient (Wildman–Crippen LogP) is 9.20. The topological polar surface area (TPSA) is 81.6 Å². The lowest BCUT2D eigenvalue weighted by molar-refractivity contribution is 0.0512. The van der Waals surface area contributed by atoms with Crippen LogP contribution >= 0.6 is 0 Å². The van der Waals surface area contributed by atoms with Crippen LogP contribution in [0.4, 0.5) is 19.0 Å². The van der Waals surface area contributed by atoms with E-state index in [1.807, 2.05) is 0 Å². The first kappa shape index (κ1) is 37.4. The minimum absolute atomic E-state index is 0.0113. The summed E-state index contributed by atoms with van der Waals surface area (Å²) in [5, 5.41) is 4.86. The van der Waals surface area contributed by atoms with Crippen molar-refractivity contribution in [3.8, 4) is 34.5 Å². The molecule has 3 aliphatic rings. The van der Waals surface area contributed by atoms with Gasteiger partial charge in [-0.2, -0.15) is 9.97 Å². The minimum Gasteiger partial charge on any atom is -0.468 e. The van der Waals surface area contributed by atoms with Crippen molar-refractivity contribution in [3.05, 3.63) is 47.7 Å². The molecule has 2 aliphatic heterocycles. The maximum Gasteiger partial charge on any atom is 0.319 e. The second-order valence-electron chi connectivity index (χ2n) is 16.0. The molecule has 3 fully saturated rings. The van der Waals surface area contributed by atoms with Crippen LogP contribution in [0.15, 0.2) is 30.5 Å². The Bertz CT molecular complexity index is 2060. The first-order chi connectivity index (χ1) is 25.4. The van der Waals surface area contributed by atoms with Gasteiger partial charge in [0.05, 0.1) is 16.5 Å². The first-order valence-electron chi connectivity index (χ1n) is 18.9. The smallest absolute Gasteiger partial charge is 0.319 e. The van der Waals surface area contributed by atoms with Gasteiger partial charge in [-0.3, -0.25) is 9.88 Å². The predicted molar refractivity (Wildman–Crippen MR) is 206 cm³/mol. The van der Waals surface area contributed by atoms with Gasteiger partial charge in [0.2, 0.25) is 0 Å². The van der Waals surface area contributed by atoms with Gasteiger partial charge in [0.15, 0.2) is 12.6 Å². The number of nitrogens with one attached hydrogen (secondary N) is 1. The number of halogens is 3. The molecule has 1 aliphatic carbocycles. The molecule has 2 aromatic heterocycles. The summed E-state index contributed by atoms with van der Waals surface area (Å²) in [6.07, 6.45) is 4.76. The van der Waals surface area contributed by atoms with Crippen LogP contribution < -0.4 is 14.8 Å². The van der Waals surface area contributed by atoms with E-state index in [1.165, 1.54) is 13.2 Å². The highest BCUT2D eigenvalue weighted by Crippen LogP contribution is 2.43. The molecule has 2 saturated heterocycles. The Hall–Kier alpha value is -3.92. The number of anilines is 1. The van der Waals surface area contributed by atoms with Crippen LogP contribution in [0.3, 0.4) is 0 Å². The van der Waals surface area contributed by atoms with E-state index in [1.54, 1.807) is 24.4 Å². The number of pyridine rings is 1. The van der Waals surface area contributed by atoms with Crippen molar-refractivity contribution in [2.24, 2.45) is 0 Å². The summed E-state index contributed by atoms with van der Waals surface area (Å²) in [5.74, 6) is 2.95. The quantitative estimate of drug-likeness (QED) is 0.0874. The zero-order chi connectivity index (χ0) is 37.7. The third kappa shape index (κ3) is 6.96. The number of hydrogen-bond acceptors (Lipinski definition) is 8. The van der Waals surface area contributed by atoms with Gasteiger partial charge in [-0.05, 0) is 72.4 Å². The van der Waals surface area contributed by atoms with Crippen molar-refractivity contribution in [2.45, 2.75) is 108 Å². The first-order valence-corrected chi connectivity index (χ1v) is 21.2. The van der Waals surface area contributed by atoms with E-state index in [0.29, 0.717) is 62.9 Å². The molecule has 0 radical (unpaired) electrons. The average Bonchev–Trinajstić information content (AvgIpc) is 3.76. The Morgan fingerprint density at radius 2 is 1.79 bits per heavy atom. The molecular formula is C41H50F3N5O3Si. The third-order valence-corrected chi connectivity index (χ3v) is 18.0. The van der Waals surface area contributed by atoms with Crippen LogP contribution in [0.2, 0.25) is 16.6 Å². The molecule has 0 unspecified atom stereocenters. The Balaban J connectivity index is 1.40. The number of hydrogen-bond donors (Lipinski definition) is 1. The number of nitrogens with zero attached hydrogens (tertiary/aromatic N) is 4. The molecule has 2 aromatic carbocycles. The molecule has 8 nitrogen and oxygen atoms in total. The summed E-state index contributed by atoms with van der Waals surface area (Å²) in [7, 11) is -0.748. The highest BCUT2D eigenvalue weighted by atomic mass is 28.3. The van der Waals surface area contributed by atoms with Crippen LogP contribution in [0.25, 0.3) is 32.9 Å². The zero-order valence-electron chi connectivity index (χ0n) is 31.8. The summed E-state index contributed by atoms with van der Waals surface area (Å²) >= 11 is 0. The summed E-state index contributed by atoms with van der Waals surface area (Å²) in [6, 6.07) is 6.70. The van der Waals surface area contributed by atoms with Crippen LogP contribution in [-0.2, 0) is 4.74 Å². The number of aromatic nitrogens is 3. The van der Waals surface area contributed by atoms with Gasteiger partial charge in [-0.25, -0.2) is 13.2 Å². The fraction of sp³-hybridized carbons (Fsp3) is 0.537. The highest BCUT2D eigenvalue weighted by molar-refractivity contribution is 6.90. The number of rotatable bonds is 12. The van der Waals surface area contributed by atoms with Crippen molar-refractivity contribution in [1.82, 2.24) is 19.9 Å². The molecule has 2 atom stereocenters. The molecular weight excluding hydrogens is 696 g/mol. The number of methoxy groups -OCH3 is 1. The Morgan fingerprint density at radius 1 is 1.04 bits per heavy atom. The summed E-state index contributed by atoms with van der Waals surface area (Å²) in [5.41, 5.74) is 4.74. The van der Waals surface area contributed by atoms with E-state index in [4.69, 9.17) is 14.2 Å². The van der Waals surface area contributed by atoms with Crippen molar-refractivity contribution < 1.29 is 27.4 Å². The van der Waals surface area contributed by atoms with Crippen molar-refractivity contribution in [1.29, 1.82) is 0 Å². The van der Waals surface area contributed by atoms with Gasteiger partial charge < -0.3 is 19.5 Å². The van der Waals surface area contributed by atoms with Gasteiger partial charge in [0, 0.05) is 43.3 Å². The van der Waals surface area contributed by atoms with Gasteiger partial charge >= 0.3 is 6.01 Å². The molecule has 12 heteroatoms. The lowest BCUT2D eigenvalue weighted by atomic mass is 9.95. The second kappa shape index (κ2) is 14.7. The van der Waals surface area contributed by atoms with E-state index in [-0.39, 0.29) is 42.2 Å².